The van der Waals surface area contributed by atoms with Crippen molar-refractivity contribution in [2.45, 2.75) is 26.2 Å². The smallest absolute Gasteiger partial charge is 0.226 e. The van der Waals surface area contributed by atoms with E-state index in [0.717, 1.165) is 18.6 Å². The Morgan fingerprint density at radius 1 is 1.40 bits per heavy atom. The van der Waals surface area contributed by atoms with Crippen molar-refractivity contribution < 1.29 is 9.53 Å². The summed E-state index contributed by atoms with van der Waals surface area (Å²) in [6, 6.07) is 7.95. The SMILES string of the molecule is Cc1cccc(OCCCCC(=O)Nc2nncs2)c1. The summed E-state index contributed by atoms with van der Waals surface area (Å²) in [6.07, 6.45) is 2.10. The van der Waals surface area contributed by atoms with Gasteiger partial charge in [0, 0.05) is 6.42 Å². The first-order chi connectivity index (χ1) is 9.74. The fourth-order valence-electron chi connectivity index (χ4n) is 1.69. The van der Waals surface area contributed by atoms with E-state index in [1.165, 1.54) is 16.9 Å². The van der Waals surface area contributed by atoms with Gasteiger partial charge in [0.2, 0.25) is 11.0 Å². The number of nitrogens with zero attached hydrogens (tertiary/aromatic N) is 2. The number of aromatic nitrogens is 2. The van der Waals surface area contributed by atoms with Crippen LogP contribution >= 0.6 is 11.3 Å². The minimum absolute atomic E-state index is 0.0303. The highest BCUT2D eigenvalue weighted by atomic mass is 32.1. The lowest BCUT2D eigenvalue weighted by atomic mass is 10.2. The Bertz CT molecular complexity index is 543. The molecule has 20 heavy (non-hydrogen) atoms. The molecule has 6 heteroatoms. The van der Waals surface area contributed by atoms with E-state index in [0.29, 0.717) is 18.2 Å². The third-order valence-electron chi connectivity index (χ3n) is 2.66. The molecule has 1 amide bonds. The predicted octanol–water partition coefficient (Wildman–Crippen LogP) is 3.03. The van der Waals surface area contributed by atoms with Gasteiger partial charge in [-0.05, 0) is 37.5 Å². The second-order valence-corrected chi connectivity index (χ2v) is 5.25. The zero-order valence-corrected chi connectivity index (χ0v) is 12.2. The Balaban J connectivity index is 1.58. The van der Waals surface area contributed by atoms with Crippen LogP contribution in [0.4, 0.5) is 5.13 Å². The van der Waals surface area contributed by atoms with Crippen molar-refractivity contribution in [1.82, 2.24) is 10.2 Å². The number of nitrogens with one attached hydrogen (secondary N) is 1. The molecule has 0 fully saturated rings. The fraction of sp³-hybridized carbons (Fsp3) is 0.357. The van der Waals surface area contributed by atoms with Crippen molar-refractivity contribution in [3.05, 3.63) is 35.3 Å². The molecular weight excluding hydrogens is 274 g/mol. The van der Waals surface area contributed by atoms with E-state index < -0.39 is 0 Å². The van der Waals surface area contributed by atoms with Gasteiger partial charge in [-0.15, -0.1) is 10.2 Å². The lowest BCUT2D eigenvalue weighted by Crippen LogP contribution is -2.11. The average molecular weight is 291 g/mol. The van der Waals surface area contributed by atoms with Crippen LogP contribution in [0.25, 0.3) is 0 Å². The van der Waals surface area contributed by atoms with Gasteiger partial charge in [-0.25, -0.2) is 0 Å². The molecule has 1 aromatic heterocycles. The van der Waals surface area contributed by atoms with Gasteiger partial charge in [-0.1, -0.05) is 23.5 Å². The maximum Gasteiger partial charge on any atom is 0.226 e. The Labute approximate surface area is 122 Å². The van der Waals surface area contributed by atoms with E-state index >= 15 is 0 Å². The van der Waals surface area contributed by atoms with Gasteiger partial charge in [0.25, 0.3) is 0 Å². The summed E-state index contributed by atoms with van der Waals surface area (Å²) in [4.78, 5) is 11.6. The molecule has 0 saturated heterocycles. The van der Waals surface area contributed by atoms with Crippen molar-refractivity contribution in [3.8, 4) is 5.75 Å². The number of hydrogen-bond acceptors (Lipinski definition) is 5. The van der Waals surface area contributed by atoms with Crippen molar-refractivity contribution in [3.63, 3.8) is 0 Å². The van der Waals surface area contributed by atoms with Crippen LogP contribution in [0, 0.1) is 6.92 Å². The second kappa shape index (κ2) is 7.59. The number of ether oxygens (including phenoxy) is 1. The number of carbonyl (C=O) groups is 1. The molecule has 0 bridgehead atoms. The van der Waals surface area contributed by atoms with E-state index in [-0.39, 0.29) is 5.91 Å². The monoisotopic (exact) mass is 291 g/mol. The summed E-state index contributed by atoms with van der Waals surface area (Å²) in [6.45, 7) is 2.65. The van der Waals surface area contributed by atoms with Crippen molar-refractivity contribution in [2.75, 3.05) is 11.9 Å². The zero-order chi connectivity index (χ0) is 14.2. The van der Waals surface area contributed by atoms with E-state index in [9.17, 15) is 4.79 Å². The predicted molar refractivity (Wildman–Crippen MR) is 79.1 cm³/mol. The third-order valence-corrected chi connectivity index (χ3v) is 3.27. The number of anilines is 1. The Morgan fingerprint density at radius 2 is 2.30 bits per heavy atom. The van der Waals surface area contributed by atoms with Gasteiger partial charge in [-0.2, -0.15) is 0 Å². The van der Waals surface area contributed by atoms with Crippen molar-refractivity contribution in [2.24, 2.45) is 0 Å². The Morgan fingerprint density at radius 3 is 3.05 bits per heavy atom. The molecule has 5 nitrogen and oxygen atoms in total. The molecule has 0 aliphatic rings. The molecule has 0 aliphatic carbocycles. The number of hydrogen-bond donors (Lipinski definition) is 1. The molecular formula is C14H17N3O2S. The van der Waals surface area contributed by atoms with Crippen LogP contribution in [0.1, 0.15) is 24.8 Å². The fourth-order valence-corrected chi connectivity index (χ4v) is 2.15. The van der Waals surface area contributed by atoms with E-state index in [1.807, 2.05) is 31.2 Å². The van der Waals surface area contributed by atoms with E-state index in [1.54, 1.807) is 5.51 Å². The van der Waals surface area contributed by atoms with Crippen molar-refractivity contribution >= 4 is 22.4 Å². The molecule has 1 N–H and O–H groups in total. The minimum atomic E-state index is -0.0303. The van der Waals surface area contributed by atoms with Gasteiger partial charge < -0.3 is 10.1 Å². The van der Waals surface area contributed by atoms with Crippen LogP contribution in [0.2, 0.25) is 0 Å². The molecule has 106 valence electrons. The number of rotatable bonds is 7. The van der Waals surface area contributed by atoms with Crippen LogP contribution in [0.15, 0.2) is 29.8 Å². The molecule has 0 aliphatic heterocycles. The largest absolute Gasteiger partial charge is 0.494 e. The lowest BCUT2D eigenvalue weighted by molar-refractivity contribution is -0.116. The number of benzene rings is 1. The first kappa shape index (κ1) is 14.5. The zero-order valence-electron chi connectivity index (χ0n) is 11.3. The Kier molecular flexibility index (Phi) is 5.49. The second-order valence-electron chi connectivity index (χ2n) is 4.41. The summed E-state index contributed by atoms with van der Waals surface area (Å²) in [5, 5.41) is 10.7. The van der Waals surface area contributed by atoms with Crippen LogP contribution < -0.4 is 10.1 Å². The molecule has 0 atom stereocenters. The number of carbonyl (C=O) groups excluding carboxylic acids is 1. The van der Waals surface area contributed by atoms with Gasteiger partial charge in [-0.3, -0.25) is 4.79 Å². The number of aryl methyl sites for hydroxylation is 1. The first-order valence-corrected chi connectivity index (χ1v) is 7.37. The summed E-state index contributed by atoms with van der Waals surface area (Å²) in [7, 11) is 0. The van der Waals surface area contributed by atoms with Gasteiger partial charge in [0.05, 0.1) is 6.61 Å². The summed E-state index contributed by atoms with van der Waals surface area (Å²) in [5.41, 5.74) is 2.77. The summed E-state index contributed by atoms with van der Waals surface area (Å²) < 4.78 is 5.62. The highest BCUT2D eigenvalue weighted by Gasteiger charge is 2.04. The molecule has 1 aromatic carbocycles. The third kappa shape index (κ3) is 4.97. The van der Waals surface area contributed by atoms with Gasteiger partial charge in [0.1, 0.15) is 11.3 Å². The highest BCUT2D eigenvalue weighted by Crippen LogP contribution is 2.13. The Hall–Kier alpha value is -1.95. The standard InChI is InChI=1S/C14H17N3O2S/c1-11-5-4-6-12(9-11)19-8-3-2-7-13(18)16-14-17-15-10-20-14/h4-6,9-10H,2-3,7-8H2,1H3,(H,16,17,18). The van der Waals surface area contributed by atoms with Crippen molar-refractivity contribution in [1.29, 1.82) is 0 Å². The molecule has 1 heterocycles. The van der Waals surface area contributed by atoms with Crippen LogP contribution in [-0.2, 0) is 4.79 Å². The molecule has 0 radical (unpaired) electrons. The minimum Gasteiger partial charge on any atom is -0.494 e. The van der Waals surface area contributed by atoms with Gasteiger partial charge in [0.15, 0.2) is 0 Å². The first-order valence-electron chi connectivity index (χ1n) is 6.49. The average Bonchev–Trinajstić information content (AvgIpc) is 2.91. The number of unbranched alkanes of at least 4 members (excludes halogenated alkanes) is 1. The van der Waals surface area contributed by atoms with Crippen LogP contribution in [-0.4, -0.2) is 22.7 Å². The summed E-state index contributed by atoms with van der Waals surface area (Å²) >= 11 is 1.31. The van der Waals surface area contributed by atoms with Gasteiger partial charge >= 0.3 is 0 Å². The molecule has 0 saturated carbocycles. The van der Waals surface area contributed by atoms with E-state index in [4.69, 9.17) is 4.74 Å². The van der Waals surface area contributed by atoms with E-state index in [2.05, 4.69) is 15.5 Å². The molecule has 2 rings (SSSR count). The maximum atomic E-state index is 11.6. The van der Waals surface area contributed by atoms with Crippen LogP contribution in [0.3, 0.4) is 0 Å². The normalized spacial score (nSPS) is 10.2. The maximum absolute atomic E-state index is 11.6. The molecule has 0 unspecified atom stereocenters. The molecule has 2 aromatic rings. The highest BCUT2D eigenvalue weighted by molar-refractivity contribution is 7.13. The number of amides is 1. The summed E-state index contributed by atoms with van der Waals surface area (Å²) in [5.74, 6) is 0.848. The van der Waals surface area contributed by atoms with Crippen LogP contribution in [0.5, 0.6) is 5.75 Å². The topological polar surface area (TPSA) is 64.1 Å². The molecule has 0 spiro atoms. The quantitative estimate of drug-likeness (QED) is 0.796. The lowest BCUT2D eigenvalue weighted by Gasteiger charge is -2.06.